The first-order chi connectivity index (χ1) is 15.2. The molecule has 3 rings (SSSR count). The quantitative estimate of drug-likeness (QED) is 0.298. The van der Waals surface area contributed by atoms with Crippen molar-refractivity contribution in [2.24, 2.45) is 5.92 Å². The normalized spacial score (nSPS) is 20.3. The maximum Gasteiger partial charge on any atom is 0.387 e. The van der Waals surface area contributed by atoms with Crippen LogP contribution < -0.4 is 20.1 Å². The standard InChI is InChI=1S/C21H29F2N3O5S/c22-20(23)31-17-5-3-4-16(14-17)21(9-10-21)26-32(29,30)13-2-1-11-24-12-8-15-6-7-18(27)25-19(15)28/h3-5,14-15,20,24,26H,1-2,6-13H2,(H,25,27,28). The SMILES string of the molecule is O=C1CCC(CCNCCCCS(=O)(=O)NC2(c3cccc(OC(F)F)c3)CC2)C(=O)N1. The van der Waals surface area contributed by atoms with Crippen LogP contribution in [-0.2, 0) is 25.2 Å². The zero-order valence-corrected chi connectivity index (χ0v) is 18.6. The third-order valence-corrected chi connectivity index (χ3v) is 7.28. The molecule has 1 aliphatic heterocycles. The van der Waals surface area contributed by atoms with E-state index in [2.05, 4.69) is 20.1 Å². The molecule has 2 fully saturated rings. The van der Waals surface area contributed by atoms with Gasteiger partial charge in [0.15, 0.2) is 0 Å². The van der Waals surface area contributed by atoms with E-state index in [-0.39, 0.29) is 29.2 Å². The predicted molar refractivity (Wildman–Crippen MR) is 114 cm³/mol. The Morgan fingerprint density at radius 3 is 2.66 bits per heavy atom. The van der Waals surface area contributed by atoms with Crippen molar-refractivity contribution in [1.82, 2.24) is 15.4 Å². The van der Waals surface area contributed by atoms with Crippen LogP contribution in [0.5, 0.6) is 5.75 Å². The number of halogens is 2. The number of unbranched alkanes of at least 4 members (excludes halogenated alkanes) is 1. The lowest BCUT2D eigenvalue weighted by Gasteiger charge is -2.20. The van der Waals surface area contributed by atoms with E-state index < -0.39 is 22.2 Å². The van der Waals surface area contributed by atoms with Crippen molar-refractivity contribution in [3.8, 4) is 5.75 Å². The molecule has 1 aromatic rings. The van der Waals surface area contributed by atoms with E-state index in [9.17, 15) is 26.8 Å². The molecular weight excluding hydrogens is 444 g/mol. The Morgan fingerprint density at radius 1 is 1.19 bits per heavy atom. The third kappa shape index (κ3) is 7.21. The molecular formula is C21H29F2N3O5S. The number of hydrogen-bond donors (Lipinski definition) is 3. The zero-order chi connectivity index (χ0) is 23.2. The number of imide groups is 1. The second-order valence-electron chi connectivity index (χ2n) is 8.30. The van der Waals surface area contributed by atoms with Gasteiger partial charge in [0.2, 0.25) is 21.8 Å². The van der Waals surface area contributed by atoms with Gasteiger partial charge < -0.3 is 10.1 Å². The van der Waals surface area contributed by atoms with Gasteiger partial charge in [-0.25, -0.2) is 13.1 Å². The molecule has 0 bridgehead atoms. The second kappa shape index (κ2) is 10.7. The zero-order valence-electron chi connectivity index (χ0n) is 17.7. The molecule has 178 valence electrons. The van der Waals surface area contributed by atoms with Crippen molar-refractivity contribution in [2.45, 2.75) is 57.1 Å². The Labute approximate surface area is 186 Å². The number of nitrogens with one attached hydrogen (secondary N) is 3. The summed E-state index contributed by atoms with van der Waals surface area (Å²) >= 11 is 0. The topological polar surface area (TPSA) is 114 Å². The highest BCUT2D eigenvalue weighted by Crippen LogP contribution is 2.47. The van der Waals surface area contributed by atoms with E-state index in [0.717, 1.165) is 0 Å². The minimum absolute atomic E-state index is 0.00588. The summed E-state index contributed by atoms with van der Waals surface area (Å²) in [6, 6.07) is 6.14. The molecule has 1 aliphatic carbocycles. The summed E-state index contributed by atoms with van der Waals surface area (Å²) in [5.41, 5.74) is -0.130. The van der Waals surface area contributed by atoms with Gasteiger partial charge in [-0.15, -0.1) is 0 Å². The minimum Gasteiger partial charge on any atom is -0.435 e. The fourth-order valence-corrected chi connectivity index (χ4v) is 5.45. The van der Waals surface area contributed by atoms with Crippen LogP contribution in [0, 0.1) is 5.92 Å². The first-order valence-electron chi connectivity index (χ1n) is 10.8. The molecule has 1 atom stereocenters. The second-order valence-corrected chi connectivity index (χ2v) is 10.1. The molecule has 1 saturated heterocycles. The van der Waals surface area contributed by atoms with E-state index in [1.165, 1.54) is 12.1 Å². The predicted octanol–water partition coefficient (Wildman–Crippen LogP) is 2.01. The van der Waals surface area contributed by atoms with Crippen LogP contribution in [0.25, 0.3) is 0 Å². The monoisotopic (exact) mass is 473 g/mol. The van der Waals surface area contributed by atoms with Gasteiger partial charge >= 0.3 is 6.61 Å². The lowest BCUT2D eigenvalue weighted by atomic mass is 9.95. The summed E-state index contributed by atoms with van der Waals surface area (Å²) in [6.07, 6.45) is 3.89. The molecule has 1 unspecified atom stereocenters. The van der Waals surface area contributed by atoms with E-state index in [1.54, 1.807) is 12.1 Å². The maximum atomic E-state index is 12.5. The molecule has 11 heteroatoms. The summed E-state index contributed by atoms with van der Waals surface area (Å²) in [4.78, 5) is 22.8. The van der Waals surface area contributed by atoms with Crippen LogP contribution in [0.15, 0.2) is 24.3 Å². The fraction of sp³-hybridized carbons (Fsp3) is 0.619. The molecule has 1 heterocycles. The van der Waals surface area contributed by atoms with Gasteiger partial charge in [0.1, 0.15) is 5.75 Å². The van der Waals surface area contributed by atoms with Crippen molar-refractivity contribution in [1.29, 1.82) is 0 Å². The number of piperidine rings is 1. The molecule has 0 spiro atoms. The smallest absolute Gasteiger partial charge is 0.387 e. The van der Waals surface area contributed by atoms with Crippen LogP contribution in [0.3, 0.4) is 0 Å². The first-order valence-corrected chi connectivity index (χ1v) is 12.5. The van der Waals surface area contributed by atoms with Gasteiger partial charge in [0, 0.05) is 12.3 Å². The third-order valence-electron chi connectivity index (χ3n) is 5.75. The molecule has 8 nitrogen and oxygen atoms in total. The van der Waals surface area contributed by atoms with Crippen LogP contribution in [-0.4, -0.2) is 45.7 Å². The van der Waals surface area contributed by atoms with E-state index in [0.29, 0.717) is 63.6 Å². The molecule has 32 heavy (non-hydrogen) atoms. The van der Waals surface area contributed by atoms with Gasteiger partial charge in [-0.05, 0) is 69.3 Å². The lowest BCUT2D eigenvalue weighted by Crippen LogP contribution is -2.41. The highest BCUT2D eigenvalue weighted by Gasteiger charge is 2.47. The lowest BCUT2D eigenvalue weighted by molar-refractivity contribution is -0.136. The Morgan fingerprint density at radius 2 is 1.97 bits per heavy atom. The highest BCUT2D eigenvalue weighted by atomic mass is 32.2. The van der Waals surface area contributed by atoms with Gasteiger partial charge in [-0.3, -0.25) is 14.9 Å². The summed E-state index contributed by atoms with van der Waals surface area (Å²) < 4.78 is 57.1. The number of amides is 2. The number of hydrogen-bond acceptors (Lipinski definition) is 6. The number of benzene rings is 1. The number of sulfonamides is 1. The van der Waals surface area contributed by atoms with Crippen molar-refractivity contribution in [3.05, 3.63) is 29.8 Å². The largest absolute Gasteiger partial charge is 0.435 e. The minimum atomic E-state index is -3.53. The molecule has 1 aromatic carbocycles. The van der Waals surface area contributed by atoms with Crippen molar-refractivity contribution < 1.29 is 31.5 Å². The molecule has 1 saturated carbocycles. The first kappa shape index (κ1) is 24.5. The van der Waals surface area contributed by atoms with Gasteiger partial charge in [-0.2, -0.15) is 8.78 Å². The van der Waals surface area contributed by atoms with Gasteiger partial charge in [0.25, 0.3) is 0 Å². The molecule has 0 radical (unpaired) electrons. The summed E-state index contributed by atoms with van der Waals surface area (Å²) in [5.74, 6) is -0.635. The summed E-state index contributed by atoms with van der Waals surface area (Å²) in [6.45, 7) is -1.69. The molecule has 0 aromatic heterocycles. The highest BCUT2D eigenvalue weighted by molar-refractivity contribution is 7.89. The number of rotatable bonds is 13. The molecule has 2 amide bonds. The van der Waals surface area contributed by atoms with Crippen molar-refractivity contribution in [3.63, 3.8) is 0 Å². The summed E-state index contributed by atoms with van der Waals surface area (Å²) in [7, 11) is -3.53. The van der Waals surface area contributed by atoms with Crippen LogP contribution in [0.4, 0.5) is 8.78 Å². The Hall–Kier alpha value is -2.11. The Balaban J connectivity index is 1.36. The van der Waals surface area contributed by atoms with E-state index in [4.69, 9.17) is 0 Å². The van der Waals surface area contributed by atoms with E-state index in [1.807, 2.05) is 0 Å². The van der Waals surface area contributed by atoms with Crippen molar-refractivity contribution >= 4 is 21.8 Å². The fourth-order valence-electron chi connectivity index (χ4n) is 3.85. The van der Waals surface area contributed by atoms with Gasteiger partial charge in [-0.1, -0.05) is 12.1 Å². The van der Waals surface area contributed by atoms with Crippen LogP contribution >= 0.6 is 0 Å². The summed E-state index contributed by atoms with van der Waals surface area (Å²) in [5, 5.41) is 5.54. The van der Waals surface area contributed by atoms with Crippen LogP contribution in [0.2, 0.25) is 0 Å². The van der Waals surface area contributed by atoms with Crippen LogP contribution in [0.1, 0.15) is 50.5 Å². The van der Waals surface area contributed by atoms with Crippen molar-refractivity contribution in [2.75, 3.05) is 18.8 Å². The number of carbonyl (C=O) groups excluding carboxylic acids is 2. The average Bonchev–Trinajstić information content (AvgIpc) is 3.48. The molecule has 2 aliphatic rings. The maximum absolute atomic E-state index is 12.5. The number of carbonyl (C=O) groups is 2. The average molecular weight is 474 g/mol. The Kier molecular flexibility index (Phi) is 8.18. The number of alkyl halides is 2. The van der Waals surface area contributed by atoms with E-state index >= 15 is 0 Å². The Bertz CT molecular complexity index is 922. The molecule has 3 N–H and O–H groups in total. The number of ether oxygens (including phenoxy) is 1. The van der Waals surface area contributed by atoms with Gasteiger partial charge in [0.05, 0.1) is 11.3 Å².